The highest BCUT2D eigenvalue weighted by atomic mass is 16.5. The molecule has 0 aromatic rings. The van der Waals surface area contributed by atoms with Crippen LogP contribution in [0.5, 0.6) is 0 Å². The first-order valence-corrected chi connectivity index (χ1v) is 6.74. The van der Waals surface area contributed by atoms with Crippen LogP contribution in [0.25, 0.3) is 0 Å². The van der Waals surface area contributed by atoms with E-state index in [0.717, 1.165) is 32.2 Å². The summed E-state index contributed by atoms with van der Waals surface area (Å²) in [7, 11) is 0. The fourth-order valence-electron chi connectivity index (χ4n) is 2.76. The van der Waals surface area contributed by atoms with Gasteiger partial charge in [-0.25, -0.2) is 0 Å². The molecule has 0 bridgehead atoms. The molecule has 3 heteroatoms. The van der Waals surface area contributed by atoms with Crippen molar-refractivity contribution >= 4 is 0 Å². The zero-order valence-electron chi connectivity index (χ0n) is 11.1. The topological polar surface area (TPSA) is 38.5 Å². The third-order valence-electron chi connectivity index (χ3n) is 3.62. The van der Waals surface area contributed by atoms with Crippen molar-refractivity contribution in [2.45, 2.75) is 52.1 Å². The summed E-state index contributed by atoms with van der Waals surface area (Å²) in [6.07, 6.45) is 3.56. The number of nitrogens with two attached hydrogens (primary N) is 1. The number of hydrogen-bond donors (Lipinski definition) is 1. The molecule has 0 spiro atoms. The maximum absolute atomic E-state index is 5.99. The maximum Gasteiger partial charge on any atom is 0.0469 e. The number of nitrogens with zero attached hydrogens (tertiary/aromatic N) is 1. The van der Waals surface area contributed by atoms with Crippen LogP contribution >= 0.6 is 0 Å². The molecule has 16 heavy (non-hydrogen) atoms. The van der Waals surface area contributed by atoms with Crippen LogP contribution in [0.2, 0.25) is 0 Å². The normalized spacial score (nSPS) is 20.6. The molecular formula is C13H28N2O. The average Bonchev–Trinajstić information content (AvgIpc) is 2.30. The van der Waals surface area contributed by atoms with Gasteiger partial charge < -0.3 is 10.5 Å². The fourth-order valence-corrected chi connectivity index (χ4v) is 2.76. The Balaban J connectivity index is 2.60. The van der Waals surface area contributed by atoms with Gasteiger partial charge in [0.1, 0.15) is 0 Å². The van der Waals surface area contributed by atoms with Crippen LogP contribution in [0, 0.1) is 5.92 Å². The summed E-state index contributed by atoms with van der Waals surface area (Å²) in [5.41, 5.74) is 5.99. The van der Waals surface area contributed by atoms with Gasteiger partial charge in [-0.15, -0.1) is 0 Å². The van der Waals surface area contributed by atoms with E-state index in [9.17, 15) is 0 Å². The molecule has 0 aliphatic carbocycles. The van der Waals surface area contributed by atoms with Gasteiger partial charge in [-0.05, 0) is 45.6 Å². The van der Waals surface area contributed by atoms with Crippen LogP contribution in [0.3, 0.4) is 0 Å². The molecule has 1 rings (SSSR count). The van der Waals surface area contributed by atoms with Gasteiger partial charge in [-0.3, -0.25) is 4.90 Å². The van der Waals surface area contributed by atoms with Crippen molar-refractivity contribution in [3.63, 3.8) is 0 Å². The minimum atomic E-state index is 0.545. The van der Waals surface area contributed by atoms with Crippen LogP contribution in [0.1, 0.15) is 40.0 Å². The number of rotatable bonds is 6. The average molecular weight is 228 g/mol. The summed E-state index contributed by atoms with van der Waals surface area (Å²) >= 11 is 0. The molecule has 1 unspecified atom stereocenters. The predicted octanol–water partition coefficient (Wildman–Crippen LogP) is 1.86. The van der Waals surface area contributed by atoms with Crippen molar-refractivity contribution in [1.82, 2.24) is 4.90 Å². The van der Waals surface area contributed by atoms with Crippen molar-refractivity contribution in [3.05, 3.63) is 0 Å². The van der Waals surface area contributed by atoms with Crippen LogP contribution < -0.4 is 5.73 Å². The molecule has 1 saturated heterocycles. The molecule has 1 heterocycles. The molecule has 2 N–H and O–H groups in total. The van der Waals surface area contributed by atoms with Crippen LogP contribution in [0.15, 0.2) is 0 Å². The number of ether oxygens (including phenoxy) is 1. The molecule has 0 aromatic heterocycles. The lowest BCUT2D eigenvalue weighted by Crippen LogP contribution is -2.50. The highest BCUT2D eigenvalue weighted by Gasteiger charge is 2.28. The smallest absolute Gasteiger partial charge is 0.0469 e. The maximum atomic E-state index is 5.99. The first-order valence-electron chi connectivity index (χ1n) is 6.74. The van der Waals surface area contributed by atoms with E-state index < -0.39 is 0 Å². The van der Waals surface area contributed by atoms with E-state index in [1.165, 1.54) is 19.3 Å². The predicted molar refractivity (Wildman–Crippen MR) is 68.5 cm³/mol. The first-order chi connectivity index (χ1) is 7.70. The van der Waals surface area contributed by atoms with Gasteiger partial charge in [0.15, 0.2) is 0 Å². The minimum absolute atomic E-state index is 0.545. The summed E-state index contributed by atoms with van der Waals surface area (Å²) in [4.78, 5) is 2.58. The molecule has 1 aliphatic heterocycles. The molecule has 1 aliphatic rings. The van der Waals surface area contributed by atoms with Crippen molar-refractivity contribution in [2.24, 2.45) is 11.7 Å². The molecular weight excluding hydrogens is 200 g/mol. The lowest BCUT2D eigenvalue weighted by molar-refractivity contribution is 0.0189. The molecule has 0 radical (unpaired) electrons. The van der Waals surface area contributed by atoms with Gasteiger partial charge in [-0.1, -0.05) is 6.92 Å². The lowest BCUT2D eigenvalue weighted by Gasteiger charge is -2.40. The monoisotopic (exact) mass is 228 g/mol. The molecule has 0 aromatic carbocycles. The minimum Gasteiger partial charge on any atom is -0.381 e. The third kappa shape index (κ3) is 3.72. The zero-order chi connectivity index (χ0) is 12.0. The molecule has 0 amide bonds. The Kier molecular flexibility index (Phi) is 6.32. The van der Waals surface area contributed by atoms with Gasteiger partial charge in [0, 0.05) is 31.8 Å². The van der Waals surface area contributed by atoms with Crippen molar-refractivity contribution < 1.29 is 4.74 Å². The van der Waals surface area contributed by atoms with E-state index in [2.05, 4.69) is 25.7 Å². The summed E-state index contributed by atoms with van der Waals surface area (Å²) < 4.78 is 5.44. The Labute approximate surface area is 100 Å². The van der Waals surface area contributed by atoms with E-state index in [4.69, 9.17) is 10.5 Å². The highest BCUT2D eigenvalue weighted by molar-refractivity contribution is 4.83. The van der Waals surface area contributed by atoms with E-state index in [-0.39, 0.29) is 0 Å². The quantitative estimate of drug-likeness (QED) is 0.754. The van der Waals surface area contributed by atoms with E-state index >= 15 is 0 Å². The van der Waals surface area contributed by atoms with Crippen molar-refractivity contribution in [3.8, 4) is 0 Å². The highest BCUT2D eigenvalue weighted by Crippen LogP contribution is 2.23. The van der Waals surface area contributed by atoms with E-state index in [1.807, 2.05) is 0 Å². The van der Waals surface area contributed by atoms with Gasteiger partial charge in [0.25, 0.3) is 0 Å². The molecule has 0 saturated carbocycles. The van der Waals surface area contributed by atoms with Gasteiger partial charge in [0.05, 0.1) is 0 Å². The second-order valence-electron chi connectivity index (χ2n) is 5.08. The van der Waals surface area contributed by atoms with Crippen molar-refractivity contribution in [2.75, 3.05) is 26.3 Å². The standard InChI is InChI=1S/C13H28N2O/c1-4-7-15(11(2)3)13(10-14)12-5-8-16-9-6-12/h11-13H,4-10,14H2,1-3H3. The third-order valence-corrected chi connectivity index (χ3v) is 3.62. The SMILES string of the molecule is CCCN(C(C)C)C(CN)C1CCOCC1. The summed E-state index contributed by atoms with van der Waals surface area (Å²) in [6.45, 7) is 10.6. The van der Waals surface area contributed by atoms with E-state index in [1.54, 1.807) is 0 Å². The summed E-state index contributed by atoms with van der Waals surface area (Å²) in [6, 6.07) is 1.14. The van der Waals surface area contributed by atoms with Crippen LogP contribution in [-0.2, 0) is 4.74 Å². The summed E-state index contributed by atoms with van der Waals surface area (Å²) in [5, 5.41) is 0. The lowest BCUT2D eigenvalue weighted by atomic mass is 9.89. The molecule has 96 valence electrons. The van der Waals surface area contributed by atoms with Crippen LogP contribution in [-0.4, -0.2) is 43.3 Å². The Morgan fingerprint density at radius 3 is 2.38 bits per heavy atom. The summed E-state index contributed by atoms with van der Waals surface area (Å²) in [5.74, 6) is 0.729. The second-order valence-corrected chi connectivity index (χ2v) is 5.08. The van der Waals surface area contributed by atoms with Crippen molar-refractivity contribution in [1.29, 1.82) is 0 Å². The second kappa shape index (κ2) is 7.25. The molecule has 1 atom stereocenters. The number of hydrogen-bond acceptors (Lipinski definition) is 3. The Bertz CT molecular complexity index is 179. The fraction of sp³-hybridized carbons (Fsp3) is 1.00. The van der Waals surface area contributed by atoms with Crippen LogP contribution in [0.4, 0.5) is 0 Å². The molecule has 1 fully saturated rings. The van der Waals surface area contributed by atoms with E-state index in [0.29, 0.717) is 12.1 Å². The zero-order valence-corrected chi connectivity index (χ0v) is 11.1. The Hall–Kier alpha value is -0.120. The van der Waals surface area contributed by atoms with Gasteiger partial charge >= 0.3 is 0 Å². The van der Waals surface area contributed by atoms with Gasteiger partial charge in [0.2, 0.25) is 0 Å². The van der Waals surface area contributed by atoms with Gasteiger partial charge in [-0.2, -0.15) is 0 Å². The Morgan fingerprint density at radius 2 is 1.94 bits per heavy atom. The largest absolute Gasteiger partial charge is 0.381 e. The molecule has 3 nitrogen and oxygen atoms in total. The first kappa shape index (κ1) is 13.9. The Morgan fingerprint density at radius 1 is 1.31 bits per heavy atom.